The normalized spacial score (nSPS) is 15.2. The van der Waals surface area contributed by atoms with Gasteiger partial charge in [-0.25, -0.2) is 4.79 Å². The van der Waals surface area contributed by atoms with Crippen LogP contribution in [0.1, 0.15) is 42.9 Å². The molecular weight excluding hydrogens is 489 g/mol. The predicted octanol–water partition coefficient (Wildman–Crippen LogP) is 4.45. The number of methoxy groups -OCH3 is 1. The number of nitrogens with zero attached hydrogens (tertiary/aromatic N) is 1. The molecule has 1 heterocycles. The summed E-state index contributed by atoms with van der Waals surface area (Å²) in [5.41, 5.74) is 9.24. The van der Waals surface area contributed by atoms with E-state index >= 15 is 0 Å². The largest absolute Gasteiger partial charge is 0.497 e. The molecule has 0 saturated carbocycles. The minimum absolute atomic E-state index is 0.0211. The third-order valence-corrected chi connectivity index (χ3v) is 6.14. The van der Waals surface area contributed by atoms with Crippen molar-refractivity contribution in [2.45, 2.75) is 57.3 Å². The number of halogens is 3. The Bertz CT molecular complexity index is 1020. The van der Waals surface area contributed by atoms with E-state index in [1.807, 2.05) is 41.3 Å². The number of nitrogens with two attached hydrogens (primary N) is 1. The fraction of sp³-hybridized carbons (Fsp3) is 0.481. The maximum Gasteiger partial charge on any atom is 0.490 e. The lowest BCUT2D eigenvalue weighted by Gasteiger charge is -2.51. The minimum Gasteiger partial charge on any atom is -0.497 e. The van der Waals surface area contributed by atoms with E-state index in [-0.39, 0.29) is 5.91 Å². The van der Waals surface area contributed by atoms with E-state index < -0.39 is 23.8 Å². The van der Waals surface area contributed by atoms with Crippen LogP contribution >= 0.6 is 0 Å². The van der Waals surface area contributed by atoms with Gasteiger partial charge < -0.3 is 25.2 Å². The summed E-state index contributed by atoms with van der Waals surface area (Å²) >= 11 is 0. The first-order valence-electron chi connectivity index (χ1n) is 12.1. The fourth-order valence-electron chi connectivity index (χ4n) is 4.11. The number of alkyl halides is 3. The number of rotatable bonds is 10. The van der Waals surface area contributed by atoms with Gasteiger partial charge in [-0.3, -0.25) is 4.79 Å². The molecule has 1 fully saturated rings. The first kappa shape index (κ1) is 30.1. The average molecular weight is 525 g/mol. The lowest BCUT2D eigenvalue weighted by molar-refractivity contribution is -0.192. The molecule has 3 rings (SSSR count). The molecule has 1 saturated heterocycles. The molecule has 0 radical (unpaired) electrons. The Labute approximate surface area is 215 Å². The summed E-state index contributed by atoms with van der Waals surface area (Å²) < 4.78 is 43.3. The predicted molar refractivity (Wildman–Crippen MR) is 133 cm³/mol. The van der Waals surface area contributed by atoms with Crippen LogP contribution in [-0.2, 0) is 26.3 Å². The Morgan fingerprint density at radius 3 is 2.22 bits per heavy atom. The second-order valence-electron chi connectivity index (χ2n) is 9.02. The highest BCUT2D eigenvalue weighted by Crippen LogP contribution is 2.38. The number of aryl methyl sites for hydroxylation is 1. The molecule has 1 amide bonds. The molecule has 0 aliphatic carbocycles. The third kappa shape index (κ3) is 8.46. The van der Waals surface area contributed by atoms with Gasteiger partial charge in [0, 0.05) is 6.61 Å². The number of carbonyl (C=O) groups is 2. The van der Waals surface area contributed by atoms with E-state index in [0.717, 1.165) is 30.6 Å². The van der Waals surface area contributed by atoms with Crippen molar-refractivity contribution >= 4 is 11.9 Å². The van der Waals surface area contributed by atoms with Gasteiger partial charge in [-0.1, -0.05) is 56.2 Å². The van der Waals surface area contributed by atoms with Crippen LogP contribution in [0.2, 0.25) is 0 Å². The minimum atomic E-state index is -5.08. The van der Waals surface area contributed by atoms with Gasteiger partial charge in [0.15, 0.2) is 0 Å². The molecule has 10 heteroatoms. The van der Waals surface area contributed by atoms with Crippen molar-refractivity contribution in [3.63, 3.8) is 0 Å². The number of carbonyl (C=O) groups excluding carboxylic acids is 1. The highest BCUT2D eigenvalue weighted by molar-refractivity contribution is 5.83. The first-order chi connectivity index (χ1) is 17.4. The first-order valence-corrected chi connectivity index (χ1v) is 12.1. The maximum atomic E-state index is 13.0. The van der Waals surface area contributed by atoms with Crippen molar-refractivity contribution in [2.24, 2.45) is 5.73 Å². The van der Waals surface area contributed by atoms with Gasteiger partial charge in [0.2, 0.25) is 5.91 Å². The zero-order valence-corrected chi connectivity index (χ0v) is 21.4. The molecule has 1 aliphatic heterocycles. The van der Waals surface area contributed by atoms with Crippen molar-refractivity contribution in [3.05, 3.63) is 65.2 Å². The second-order valence-corrected chi connectivity index (χ2v) is 9.02. The lowest BCUT2D eigenvalue weighted by Crippen LogP contribution is -2.65. The zero-order chi connectivity index (χ0) is 27.6. The standard InChI is InChI=1S/C25H34N2O3.C2HF3O2/c1-4-5-8-15-30-25(22-10-7-6-9-19(22)2)17-27(18-25)24(28)23(26)16-20-11-13-21(29-3)14-12-20;3-2(4,5)1(6)7/h6-7,9-14,23H,4-5,8,15-18,26H2,1-3H3;(H,6,7)/t23-;/m1./s1. The van der Waals surface area contributed by atoms with Crippen molar-refractivity contribution in [3.8, 4) is 5.75 Å². The van der Waals surface area contributed by atoms with Crippen molar-refractivity contribution in [1.29, 1.82) is 0 Å². The number of ether oxygens (including phenoxy) is 2. The smallest absolute Gasteiger partial charge is 0.490 e. The molecular formula is C27H35F3N2O5. The van der Waals surface area contributed by atoms with Crippen LogP contribution in [0.4, 0.5) is 13.2 Å². The molecule has 2 aromatic rings. The summed E-state index contributed by atoms with van der Waals surface area (Å²) in [5, 5.41) is 7.12. The molecule has 7 nitrogen and oxygen atoms in total. The fourth-order valence-corrected chi connectivity index (χ4v) is 4.11. The van der Waals surface area contributed by atoms with E-state index in [9.17, 15) is 18.0 Å². The van der Waals surface area contributed by atoms with Crippen LogP contribution in [0.25, 0.3) is 0 Å². The van der Waals surface area contributed by atoms with E-state index in [2.05, 4.69) is 26.0 Å². The summed E-state index contributed by atoms with van der Waals surface area (Å²) in [6.07, 6.45) is -1.23. The van der Waals surface area contributed by atoms with E-state index in [0.29, 0.717) is 26.1 Å². The number of carboxylic acids is 1. The van der Waals surface area contributed by atoms with Gasteiger partial charge in [0.05, 0.1) is 26.2 Å². The zero-order valence-electron chi connectivity index (χ0n) is 21.4. The summed E-state index contributed by atoms with van der Waals surface area (Å²) in [5.74, 6) is -1.98. The Morgan fingerprint density at radius 1 is 1.11 bits per heavy atom. The van der Waals surface area contributed by atoms with Crippen LogP contribution in [-0.4, -0.2) is 60.9 Å². The Morgan fingerprint density at radius 2 is 1.70 bits per heavy atom. The molecule has 3 N–H and O–H groups in total. The van der Waals surface area contributed by atoms with Crippen LogP contribution in [0.3, 0.4) is 0 Å². The second kappa shape index (κ2) is 13.4. The van der Waals surface area contributed by atoms with Gasteiger partial charge >= 0.3 is 12.1 Å². The van der Waals surface area contributed by atoms with E-state index in [1.165, 1.54) is 11.1 Å². The molecule has 0 aromatic heterocycles. The lowest BCUT2D eigenvalue weighted by atomic mass is 9.82. The van der Waals surface area contributed by atoms with Gasteiger partial charge in [-0.05, 0) is 48.6 Å². The summed E-state index contributed by atoms with van der Waals surface area (Å²) in [6, 6.07) is 15.4. The number of likely N-dealkylation sites (tertiary alicyclic amines) is 1. The molecule has 1 atom stereocenters. The molecule has 0 spiro atoms. The summed E-state index contributed by atoms with van der Waals surface area (Å²) in [4.78, 5) is 23.7. The number of hydrogen-bond acceptors (Lipinski definition) is 5. The Balaban J connectivity index is 0.000000604. The maximum absolute atomic E-state index is 13.0. The Hall–Kier alpha value is -3.11. The van der Waals surface area contributed by atoms with Crippen molar-refractivity contribution < 1.29 is 37.3 Å². The molecule has 37 heavy (non-hydrogen) atoms. The Kier molecular flexibility index (Phi) is 10.9. The molecule has 2 aromatic carbocycles. The van der Waals surface area contributed by atoms with Crippen LogP contribution in [0, 0.1) is 6.92 Å². The number of aliphatic carboxylic acids is 1. The quantitative estimate of drug-likeness (QED) is 0.446. The van der Waals surface area contributed by atoms with Gasteiger partial charge in [-0.2, -0.15) is 13.2 Å². The molecule has 1 aliphatic rings. The molecule has 0 bridgehead atoms. The number of hydrogen-bond donors (Lipinski definition) is 2. The van der Waals surface area contributed by atoms with Crippen LogP contribution in [0.5, 0.6) is 5.75 Å². The highest BCUT2D eigenvalue weighted by Gasteiger charge is 2.49. The van der Waals surface area contributed by atoms with Crippen molar-refractivity contribution in [2.75, 3.05) is 26.8 Å². The summed E-state index contributed by atoms with van der Waals surface area (Å²) in [6.45, 7) is 6.11. The van der Waals surface area contributed by atoms with Gasteiger partial charge in [0.1, 0.15) is 11.4 Å². The monoisotopic (exact) mass is 524 g/mol. The molecule has 204 valence electrons. The van der Waals surface area contributed by atoms with Crippen LogP contribution in [0.15, 0.2) is 48.5 Å². The highest BCUT2D eigenvalue weighted by atomic mass is 19.4. The number of carboxylic acid groups (broad SMARTS) is 1. The van der Waals surface area contributed by atoms with Gasteiger partial charge in [-0.15, -0.1) is 0 Å². The van der Waals surface area contributed by atoms with Crippen LogP contribution < -0.4 is 10.5 Å². The van der Waals surface area contributed by atoms with Gasteiger partial charge in [0.25, 0.3) is 0 Å². The summed E-state index contributed by atoms with van der Waals surface area (Å²) in [7, 11) is 1.64. The topological polar surface area (TPSA) is 102 Å². The number of benzene rings is 2. The third-order valence-electron chi connectivity index (χ3n) is 6.14. The van der Waals surface area contributed by atoms with E-state index in [1.54, 1.807) is 7.11 Å². The van der Waals surface area contributed by atoms with E-state index in [4.69, 9.17) is 25.1 Å². The van der Waals surface area contributed by atoms with Crippen molar-refractivity contribution in [1.82, 2.24) is 4.90 Å². The molecule has 0 unspecified atom stereocenters. The SMILES string of the molecule is CCCCCOC1(c2ccccc2C)CN(C(=O)[C@H](N)Cc2ccc(OC)cc2)C1.O=C(O)C(F)(F)F. The number of amides is 1. The number of unbranched alkanes of at least 4 members (excludes halogenated alkanes) is 2. The average Bonchev–Trinajstić information content (AvgIpc) is 2.83.